The van der Waals surface area contributed by atoms with Gasteiger partial charge in [-0.05, 0) is 43.7 Å². The number of rotatable bonds is 5. The average Bonchev–Trinajstić information content (AvgIpc) is 2.84. The molecular formula is C14H15ClFNO. The SMILES string of the molecule is CC(CCc1ccco1)Nc1ccc(F)c(Cl)c1. The second-order valence-electron chi connectivity index (χ2n) is 4.29. The molecule has 2 aromatic rings. The van der Waals surface area contributed by atoms with E-state index in [1.165, 1.54) is 6.07 Å². The molecule has 1 atom stereocenters. The van der Waals surface area contributed by atoms with Crippen molar-refractivity contribution in [3.8, 4) is 0 Å². The first kappa shape index (κ1) is 13.0. The third-order valence-corrected chi connectivity index (χ3v) is 3.03. The fourth-order valence-corrected chi connectivity index (χ4v) is 1.94. The van der Waals surface area contributed by atoms with E-state index in [1.807, 2.05) is 12.1 Å². The van der Waals surface area contributed by atoms with Gasteiger partial charge in [0.05, 0.1) is 11.3 Å². The van der Waals surface area contributed by atoms with Gasteiger partial charge in [-0.15, -0.1) is 0 Å². The zero-order valence-electron chi connectivity index (χ0n) is 10.1. The van der Waals surface area contributed by atoms with Gasteiger partial charge in [-0.3, -0.25) is 0 Å². The highest BCUT2D eigenvalue weighted by molar-refractivity contribution is 6.31. The number of anilines is 1. The van der Waals surface area contributed by atoms with E-state index in [0.717, 1.165) is 24.3 Å². The Labute approximate surface area is 111 Å². The molecule has 1 aromatic carbocycles. The Hall–Kier alpha value is -1.48. The van der Waals surface area contributed by atoms with Crippen LogP contribution in [0.4, 0.5) is 10.1 Å². The molecule has 0 saturated carbocycles. The predicted molar refractivity (Wildman–Crippen MR) is 71.5 cm³/mol. The summed E-state index contributed by atoms with van der Waals surface area (Å²) in [5.74, 6) is 0.575. The summed E-state index contributed by atoms with van der Waals surface area (Å²) in [4.78, 5) is 0. The first-order valence-corrected chi connectivity index (χ1v) is 6.27. The molecule has 4 heteroatoms. The molecule has 96 valence electrons. The molecule has 0 radical (unpaired) electrons. The smallest absolute Gasteiger partial charge is 0.141 e. The maximum Gasteiger partial charge on any atom is 0.141 e. The quantitative estimate of drug-likeness (QED) is 0.862. The van der Waals surface area contributed by atoms with Crippen LogP contribution in [0.25, 0.3) is 0 Å². The van der Waals surface area contributed by atoms with Gasteiger partial charge in [0, 0.05) is 18.2 Å². The minimum Gasteiger partial charge on any atom is -0.469 e. The van der Waals surface area contributed by atoms with Crippen molar-refractivity contribution in [3.63, 3.8) is 0 Å². The van der Waals surface area contributed by atoms with Gasteiger partial charge in [-0.1, -0.05) is 11.6 Å². The molecule has 1 unspecified atom stereocenters. The number of nitrogens with one attached hydrogen (secondary N) is 1. The third kappa shape index (κ3) is 3.50. The lowest BCUT2D eigenvalue weighted by molar-refractivity contribution is 0.495. The van der Waals surface area contributed by atoms with Crippen LogP contribution in [0.15, 0.2) is 41.0 Å². The molecule has 0 fully saturated rings. The lowest BCUT2D eigenvalue weighted by atomic mass is 10.1. The lowest BCUT2D eigenvalue weighted by Gasteiger charge is -2.14. The van der Waals surface area contributed by atoms with E-state index in [0.29, 0.717) is 0 Å². The van der Waals surface area contributed by atoms with Crippen LogP contribution < -0.4 is 5.32 Å². The number of furan rings is 1. The molecule has 0 spiro atoms. The summed E-state index contributed by atoms with van der Waals surface area (Å²) in [5, 5.41) is 3.42. The van der Waals surface area contributed by atoms with Crippen LogP contribution in [0, 0.1) is 5.82 Å². The zero-order chi connectivity index (χ0) is 13.0. The normalized spacial score (nSPS) is 12.4. The molecule has 1 N–H and O–H groups in total. The molecule has 0 amide bonds. The molecule has 0 aliphatic heterocycles. The Bertz CT molecular complexity index is 499. The van der Waals surface area contributed by atoms with E-state index < -0.39 is 5.82 Å². The van der Waals surface area contributed by atoms with E-state index in [2.05, 4.69) is 12.2 Å². The molecule has 0 saturated heterocycles. The van der Waals surface area contributed by atoms with Gasteiger partial charge in [0.2, 0.25) is 0 Å². The van der Waals surface area contributed by atoms with E-state index >= 15 is 0 Å². The van der Waals surface area contributed by atoms with Gasteiger partial charge in [-0.25, -0.2) is 4.39 Å². The van der Waals surface area contributed by atoms with E-state index in [1.54, 1.807) is 18.4 Å². The summed E-state index contributed by atoms with van der Waals surface area (Å²) in [7, 11) is 0. The Morgan fingerprint density at radius 2 is 2.22 bits per heavy atom. The van der Waals surface area contributed by atoms with Crippen molar-refractivity contribution in [2.75, 3.05) is 5.32 Å². The molecule has 1 aromatic heterocycles. The minimum absolute atomic E-state index is 0.137. The Morgan fingerprint density at radius 3 is 2.89 bits per heavy atom. The largest absolute Gasteiger partial charge is 0.469 e. The van der Waals surface area contributed by atoms with Crippen molar-refractivity contribution in [1.29, 1.82) is 0 Å². The zero-order valence-corrected chi connectivity index (χ0v) is 10.9. The highest BCUT2D eigenvalue weighted by Gasteiger charge is 2.06. The number of benzene rings is 1. The number of hydrogen-bond acceptors (Lipinski definition) is 2. The van der Waals surface area contributed by atoms with Crippen molar-refractivity contribution >= 4 is 17.3 Å². The van der Waals surface area contributed by atoms with Gasteiger partial charge < -0.3 is 9.73 Å². The Morgan fingerprint density at radius 1 is 1.39 bits per heavy atom. The fourth-order valence-electron chi connectivity index (χ4n) is 1.76. The summed E-state index contributed by atoms with van der Waals surface area (Å²) in [6.45, 7) is 2.07. The molecule has 0 bridgehead atoms. The van der Waals surface area contributed by atoms with Gasteiger partial charge in [-0.2, -0.15) is 0 Å². The van der Waals surface area contributed by atoms with Crippen LogP contribution >= 0.6 is 11.6 Å². The van der Waals surface area contributed by atoms with Crippen LogP contribution in [0.5, 0.6) is 0 Å². The molecule has 1 heterocycles. The summed E-state index contributed by atoms with van der Waals surface area (Å²) < 4.78 is 18.3. The summed E-state index contributed by atoms with van der Waals surface area (Å²) in [6.07, 6.45) is 3.48. The summed E-state index contributed by atoms with van der Waals surface area (Å²) in [5.41, 5.74) is 0.827. The topological polar surface area (TPSA) is 25.2 Å². The van der Waals surface area contributed by atoms with Crippen molar-refractivity contribution in [3.05, 3.63) is 53.2 Å². The summed E-state index contributed by atoms with van der Waals surface area (Å²) >= 11 is 5.73. The maximum absolute atomic E-state index is 13.0. The van der Waals surface area contributed by atoms with Gasteiger partial charge in [0.15, 0.2) is 0 Å². The number of hydrogen-bond donors (Lipinski definition) is 1. The standard InChI is InChI=1S/C14H15ClFNO/c1-10(4-6-12-3-2-8-18-12)17-11-5-7-14(16)13(15)9-11/h2-3,5,7-10,17H,4,6H2,1H3. The van der Waals surface area contributed by atoms with Crippen molar-refractivity contribution in [1.82, 2.24) is 0 Å². The second-order valence-corrected chi connectivity index (χ2v) is 4.70. The molecular weight excluding hydrogens is 253 g/mol. The summed E-state index contributed by atoms with van der Waals surface area (Å²) in [6, 6.07) is 8.75. The van der Waals surface area contributed by atoms with Crippen molar-refractivity contribution in [2.24, 2.45) is 0 Å². The van der Waals surface area contributed by atoms with E-state index in [4.69, 9.17) is 16.0 Å². The molecule has 0 aliphatic rings. The molecule has 2 rings (SSSR count). The van der Waals surface area contributed by atoms with Gasteiger partial charge in [0.1, 0.15) is 11.6 Å². The van der Waals surface area contributed by atoms with Crippen LogP contribution in [0.3, 0.4) is 0 Å². The van der Waals surface area contributed by atoms with Crippen molar-refractivity contribution < 1.29 is 8.81 Å². The van der Waals surface area contributed by atoms with E-state index in [9.17, 15) is 4.39 Å². The van der Waals surface area contributed by atoms with Gasteiger partial charge >= 0.3 is 0 Å². The molecule has 0 aliphatic carbocycles. The third-order valence-electron chi connectivity index (χ3n) is 2.74. The number of aryl methyl sites for hydroxylation is 1. The van der Waals surface area contributed by atoms with E-state index in [-0.39, 0.29) is 11.1 Å². The highest BCUT2D eigenvalue weighted by Crippen LogP contribution is 2.20. The first-order valence-electron chi connectivity index (χ1n) is 5.89. The average molecular weight is 268 g/mol. The second kappa shape index (κ2) is 5.91. The van der Waals surface area contributed by atoms with Crippen LogP contribution in [0.1, 0.15) is 19.1 Å². The van der Waals surface area contributed by atoms with Crippen LogP contribution in [-0.2, 0) is 6.42 Å². The highest BCUT2D eigenvalue weighted by atomic mass is 35.5. The maximum atomic E-state index is 13.0. The van der Waals surface area contributed by atoms with Crippen LogP contribution in [0.2, 0.25) is 5.02 Å². The van der Waals surface area contributed by atoms with Crippen molar-refractivity contribution in [2.45, 2.75) is 25.8 Å². The molecule has 2 nitrogen and oxygen atoms in total. The lowest BCUT2D eigenvalue weighted by Crippen LogP contribution is -2.15. The monoisotopic (exact) mass is 267 g/mol. The number of halogens is 2. The Kier molecular flexibility index (Phi) is 4.26. The fraction of sp³-hybridized carbons (Fsp3) is 0.286. The Balaban J connectivity index is 1.86. The van der Waals surface area contributed by atoms with Crippen LogP contribution in [-0.4, -0.2) is 6.04 Å². The predicted octanol–water partition coefficient (Wildman–Crippen LogP) is 4.51. The van der Waals surface area contributed by atoms with Gasteiger partial charge in [0.25, 0.3) is 0 Å². The first-order chi connectivity index (χ1) is 8.65. The molecule has 18 heavy (non-hydrogen) atoms. The minimum atomic E-state index is -0.398.